The fourth-order valence-electron chi connectivity index (χ4n) is 4.15. The van der Waals surface area contributed by atoms with Gasteiger partial charge in [-0.2, -0.15) is 0 Å². The second-order valence-corrected chi connectivity index (χ2v) is 9.03. The van der Waals surface area contributed by atoms with Gasteiger partial charge in [0.05, 0.1) is 0 Å². The van der Waals surface area contributed by atoms with Gasteiger partial charge in [0.1, 0.15) is 56.5 Å². The minimum Gasteiger partial charge on any atom is -0.508 e. The van der Waals surface area contributed by atoms with Crippen molar-refractivity contribution in [2.24, 2.45) is 0 Å². The van der Waals surface area contributed by atoms with Crippen molar-refractivity contribution in [2.45, 2.75) is 0 Å². The lowest BCUT2D eigenvalue weighted by Gasteiger charge is -2.06. The number of rotatable bonds is 2. The summed E-state index contributed by atoms with van der Waals surface area (Å²) in [4.78, 5) is 24.1. The van der Waals surface area contributed by atoms with Crippen LogP contribution in [0.4, 0.5) is 0 Å². The zero-order chi connectivity index (χ0) is 30.3. The fourth-order valence-corrected chi connectivity index (χ4v) is 4.15. The van der Waals surface area contributed by atoms with E-state index in [-0.39, 0.29) is 79.5 Å². The van der Waals surface area contributed by atoms with Gasteiger partial charge in [0, 0.05) is 47.5 Å². The summed E-state index contributed by atoms with van der Waals surface area (Å²) in [5, 5.41) is 75.7. The van der Waals surface area contributed by atoms with Crippen LogP contribution in [0, 0.1) is 0 Å². The first-order valence-corrected chi connectivity index (χ1v) is 12.0. The molecule has 0 amide bonds. The molecule has 0 unspecified atom stereocenters. The first kappa shape index (κ1) is 27.3. The molecule has 0 aliphatic rings. The van der Waals surface area contributed by atoms with E-state index in [1.54, 1.807) is 0 Å². The molecule has 0 radical (unpaired) electrons. The van der Waals surface area contributed by atoms with Crippen molar-refractivity contribution in [3.8, 4) is 68.6 Å². The fraction of sp³-hybridized carbons (Fsp3) is 0. The molecule has 42 heavy (non-hydrogen) atoms. The SMILES string of the molecule is O=c1cc(-c2ccc(O)c(O)c2)oc2cc(O)cc(O)c12.O=c1cc(-c2ccc(O)c(O)c2)oc2cc(O)cc(O)c12. The van der Waals surface area contributed by atoms with Gasteiger partial charge in [-0.15, -0.1) is 0 Å². The summed E-state index contributed by atoms with van der Waals surface area (Å²) in [5.41, 5.74) is -0.211. The standard InChI is InChI=1S/2C15H10O6/c2*16-8-4-11(19)15-12(20)6-13(21-14(15)5-8)7-1-2-9(17)10(18)3-7/h2*1-6,16-19H. The normalized spacial score (nSPS) is 10.9. The summed E-state index contributed by atoms with van der Waals surface area (Å²) in [6.45, 7) is 0. The van der Waals surface area contributed by atoms with E-state index in [1.807, 2.05) is 0 Å². The van der Waals surface area contributed by atoms with E-state index in [0.717, 1.165) is 24.3 Å². The van der Waals surface area contributed by atoms with Crippen LogP contribution in [0.5, 0.6) is 46.0 Å². The molecular weight excluding hydrogens is 552 g/mol. The van der Waals surface area contributed by atoms with Crippen LogP contribution in [0.1, 0.15) is 0 Å². The molecule has 0 saturated heterocycles. The molecule has 2 heterocycles. The van der Waals surface area contributed by atoms with Gasteiger partial charge >= 0.3 is 0 Å². The Balaban J connectivity index is 0.000000168. The van der Waals surface area contributed by atoms with E-state index >= 15 is 0 Å². The van der Waals surface area contributed by atoms with Gasteiger partial charge in [-0.05, 0) is 36.4 Å². The molecule has 8 N–H and O–H groups in total. The van der Waals surface area contributed by atoms with Crippen molar-refractivity contribution < 1.29 is 49.7 Å². The molecule has 6 aromatic rings. The number of phenols is 8. The monoisotopic (exact) mass is 572 g/mol. The Morgan fingerprint density at radius 2 is 0.786 bits per heavy atom. The molecule has 0 saturated carbocycles. The maximum absolute atomic E-state index is 12.0. The summed E-state index contributed by atoms with van der Waals surface area (Å²) >= 11 is 0. The third-order valence-corrected chi connectivity index (χ3v) is 6.11. The van der Waals surface area contributed by atoms with Crippen LogP contribution in [0.15, 0.2) is 91.2 Å². The minimum atomic E-state index is -0.490. The van der Waals surface area contributed by atoms with Gasteiger partial charge in [-0.1, -0.05) is 0 Å². The number of benzene rings is 4. The first-order valence-electron chi connectivity index (χ1n) is 12.0. The number of aromatic hydroxyl groups is 8. The second-order valence-electron chi connectivity index (χ2n) is 9.03. The quantitative estimate of drug-likeness (QED) is 0.134. The maximum Gasteiger partial charge on any atom is 0.197 e. The van der Waals surface area contributed by atoms with Crippen LogP contribution in [-0.4, -0.2) is 40.9 Å². The third kappa shape index (κ3) is 5.14. The average Bonchev–Trinajstić information content (AvgIpc) is 2.90. The van der Waals surface area contributed by atoms with Crippen molar-refractivity contribution in [3.63, 3.8) is 0 Å². The van der Waals surface area contributed by atoms with E-state index in [0.29, 0.717) is 11.1 Å². The molecule has 12 nitrogen and oxygen atoms in total. The Morgan fingerprint density at radius 1 is 0.405 bits per heavy atom. The molecular formula is C30H20O12. The second kappa shape index (κ2) is 10.4. The number of phenolic OH excluding ortho intramolecular Hbond substituents is 8. The molecule has 6 rings (SSSR count). The largest absolute Gasteiger partial charge is 0.508 e. The summed E-state index contributed by atoms with van der Waals surface area (Å²) in [7, 11) is 0. The van der Waals surface area contributed by atoms with Crippen LogP contribution in [0.25, 0.3) is 44.6 Å². The number of hydrogen-bond donors (Lipinski definition) is 8. The highest BCUT2D eigenvalue weighted by Crippen LogP contribution is 2.35. The van der Waals surface area contributed by atoms with Gasteiger partial charge in [-0.3, -0.25) is 9.59 Å². The van der Waals surface area contributed by atoms with E-state index in [4.69, 9.17) is 8.83 Å². The van der Waals surface area contributed by atoms with E-state index < -0.39 is 10.9 Å². The molecule has 4 aromatic carbocycles. The van der Waals surface area contributed by atoms with Crippen LogP contribution >= 0.6 is 0 Å². The first-order chi connectivity index (χ1) is 19.9. The molecule has 0 bridgehead atoms. The Labute approximate surface area is 233 Å². The van der Waals surface area contributed by atoms with Crippen molar-refractivity contribution >= 4 is 21.9 Å². The maximum atomic E-state index is 12.0. The van der Waals surface area contributed by atoms with E-state index in [9.17, 15) is 50.4 Å². The summed E-state index contributed by atoms with van der Waals surface area (Å²) < 4.78 is 10.9. The van der Waals surface area contributed by atoms with Crippen molar-refractivity contribution in [1.29, 1.82) is 0 Å². The minimum absolute atomic E-state index is 0.0163. The zero-order valence-electron chi connectivity index (χ0n) is 21.1. The molecule has 0 atom stereocenters. The van der Waals surface area contributed by atoms with Gasteiger partial charge < -0.3 is 49.7 Å². The average molecular weight is 572 g/mol. The summed E-state index contributed by atoms with van der Waals surface area (Å²) in [6, 6.07) is 14.7. The molecule has 0 aliphatic carbocycles. The Bertz CT molecular complexity index is 1970. The van der Waals surface area contributed by atoms with Gasteiger partial charge in [0.2, 0.25) is 0 Å². The molecule has 212 valence electrons. The molecule has 0 spiro atoms. The highest BCUT2D eigenvalue weighted by molar-refractivity contribution is 5.87. The zero-order valence-corrected chi connectivity index (χ0v) is 21.1. The van der Waals surface area contributed by atoms with E-state index in [1.165, 1.54) is 48.5 Å². The molecule has 0 fully saturated rings. The lowest BCUT2D eigenvalue weighted by atomic mass is 10.1. The number of fused-ring (bicyclic) bond motifs is 2. The predicted molar refractivity (Wildman–Crippen MR) is 149 cm³/mol. The Morgan fingerprint density at radius 3 is 1.14 bits per heavy atom. The Hall–Kier alpha value is -6.30. The lowest BCUT2D eigenvalue weighted by molar-refractivity contribution is 0.404. The molecule has 12 heteroatoms. The predicted octanol–water partition coefficient (Wildman–Crippen LogP) is 4.56. The van der Waals surface area contributed by atoms with Crippen LogP contribution in [-0.2, 0) is 0 Å². The molecule has 0 aliphatic heterocycles. The summed E-state index contributed by atoms with van der Waals surface area (Å²) in [6.07, 6.45) is 0. The third-order valence-electron chi connectivity index (χ3n) is 6.11. The molecule has 2 aromatic heterocycles. The Kier molecular flexibility index (Phi) is 6.72. The van der Waals surface area contributed by atoms with Crippen LogP contribution in [0.2, 0.25) is 0 Å². The van der Waals surface area contributed by atoms with Crippen molar-refractivity contribution in [2.75, 3.05) is 0 Å². The highest BCUT2D eigenvalue weighted by atomic mass is 16.3. The highest BCUT2D eigenvalue weighted by Gasteiger charge is 2.14. The van der Waals surface area contributed by atoms with E-state index in [2.05, 4.69) is 0 Å². The smallest absolute Gasteiger partial charge is 0.197 e. The van der Waals surface area contributed by atoms with Gasteiger partial charge in [-0.25, -0.2) is 0 Å². The lowest BCUT2D eigenvalue weighted by Crippen LogP contribution is -2.00. The van der Waals surface area contributed by atoms with Gasteiger partial charge in [0.15, 0.2) is 33.9 Å². The van der Waals surface area contributed by atoms with Crippen molar-refractivity contribution in [1.82, 2.24) is 0 Å². The number of hydrogen-bond acceptors (Lipinski definition) is 12. The van der Waals surface area contributed by atoms with Crippen LogP contribution in [0.3, 0.4) is 0 Å². The summed E-state index contributed by atoms with van der Waals surface area (Å²) in [5.74, 6) is -2.27. The van der Waals surface area contributed by atoms with Crippen LogP contribution < -0.4 is 10.9 Å². The topological polar surface area (TPSA) is 222 Å². The van der Waals surface area contributed by atoms with Crippen molar-refractivity contribution in [3.05, 3.63) is 93.2 Å². The van der Waals surface area contributed by atoms with Gasteiger partial charge in [0.25, 0.3) is 0 Å².